The van der Waals surface area contributed by atoms with E-state index in [2.05, 4.69) is 5.32 Å². The van der Waals surface area contributed by atoms with Gasteiger partial charge in [-0.1, -0.05) is 0 Å². The van der Waals surface area contributed by atoms with E-state index in [9.17, 15) is 25.2 Å². The summed E-state index contributed by atoms with van der Waals surface area (Å²) < 4.78 is 5.05. The molecule has 0 aromatic carbocycles. The van der Waals surface area contributed by atoms with Gasteiger partial charge in [-0.05, 0) is 33.6 Å². The number of carbonyl (C=O) groups is 1. The zero-order valence-corrected chi connectivity index (χ0v) is 11.4. The van der Waals surface area contributed by atoms with Crippen molar-refractivity contribution in [2.75, 3.05) is 0 Å². The van der Waals surface area contributed by atoms with Crippen LogP contribution in [-0.4, -0.2) is 62.6 Å². The summed E-state index contributed by atoms with van der Waals surface area (Å²) >= 11 is 0. The minimum Gasteiger partial charge on any atom is -0.444 e. The van der Waals surface area contributed by atoms with Crippen LogP contribution < -0.4 is 5.32 Å². The van der Waals surface area contributed by atoms with Gasteiger partial charge in [0.25, 0.3) is 0 Å². The summed E-state index contributed by atoms with van der Waals surface area (Å²) in [5, 5.41) is 41.0. The highest BCUT2D eigenvalue weighted by Crippen LogP contribution is 2.20. The molecular formula is C12H23NO6. The van der Waals surface area contributed by atoms with Crippen molar-refractivity contribution < 1.29 is 30.0 Å². The Kier molecular flexibility index (Phi) is 5.14. The Morgan fingerprint density at radius 3 is 2.16 bits per heavy atom. The van der Waals surface area contributed by atoms with Crippen molar-refractivity contribution in [2.24, 2.45) is 0 Å². The van der Waals surface area contributed by atoms with Crippen LogP contribution >= 0.6 is 0 Å². The lowest BCUT2D eigenvalue weighted by molar-refractivity contribution is -0.0992. The van der Waals surface area contributed by atoms with Gasteiger partial charge >= 0.3 is 6.09 Å². The largest absolute Gasteiger partial charge is 0.444 e. The van der Waals surface area contributed by atoms with Gasteiger partial charge in [0.2, 0.25) is 0 Å². The van der Waals surface area contributed by atoms with E-state index in [1.807, 2.05) is 0 Å². The maximum atomic E-state index is 11.6. The number of ether oxygens (including phenoxy) is 1. The second-order valence-electron chi connectivity index (χ2n) is 5.87. The van der Waals surface area contributed by atoms with E-state index in [0.717, 1.165) is 0 Å². The Hall–Kier alpha value is -0.890. The van der Waals surface area contributed by atoms with E-state index in [0.29, 0.717) is 0 Å². The maximum absolute atomic E-state index is 11.6. The minimum atomic E-state index is -1.52. The number of alkyl carbamates (subject to hydrolysis) is 1. The Labute approximate surface area is 112 Å². The molecule has 0 bridgehead atoms. The number of hydrogen-bond acceptors (Lipinski definition) is 6. The monoisotopic (exact) mass is 277 g/mol. The predicted molar refractivity (Wildman–Crippen MR) is 66.4 cm³/mol. The fourth-order valence-corrected chi connectivity index (χ4v) is 1.98. The molecule has 0 aromatic rings. The third-order valence-electron chi connectivity index (χ3n) is 2.98. The molecule has 5 N–H and O–H groups in total. The highest BCUT2D eigenvalue weighted by Gasteiger charge is 2.39. The second kappa shape index (κ2) is 6.04. The van der Waals surface area contributed by atoms with Crippen molar-refractivity contribution in [1.29, 1.82) is 0 Å². The molecule has 1 amide bonds. The molecule has 0 saturated heterocycles. The number of hydrogen-bond donors (Lipinski definition) is 5. The lowest BCUT2D eigenvalue weighted by Crippen LogP contribution is -2.52. The average Bonchev–Trinajstić information content (AvgIpc) is 2.34. The first-order valence-corrected chi connectivity index (χ1v) is 6.33. The van der Waals surface area contributed by atoms with Gasteiger partial charge in [0, 0.05) is 0 Å². The lowest BCUT2D eigenvalue weighted by Gasteiger charge is -2.28. The van der Waals surface area contributed by atoms with Crippen LogP contribution in [0.1, 0.15) is 33.6 Å². The van der Waals surface area contributed by atoms with Crippen LogP contribution in [0.5, 0.6) is 0 Å². The molecule has 1 rings (SSSR count). The molecule has 0 aliphatic heterocycles. The van der Waals surface area contributed by atoms with Gasteiger partial charge in [-0.3, -0.25) is 0 Å². The Morgan fingerprint density at radius 1 is 1.05 bits per heavy atom. The van der Waals surface area contributed by atoms with E-state index in [4.69, 9.17) is 4.74 Å². The summed E-state index contributed by atoms with van der Waals surface area (Å²) in [5.41, 5.74) is -0.669. The zero-order chi connectivity index (χ0) is 14.8. The van der Waals surface area contributed by atoms with E-state index in [-0.39, 0.29) is 12.8 Å². The quantitative estimate of drug-likeness (QED) is 0.397. The molecule has 5 atom stereocenters. The molecule has 0 radical (unpaired) electrons. The topological polar surface area (TPSA) is 119 Å². The number of nitrogens with one attached hydrogen (secondary N) is 1. The van der Waals surface area contributed by atoms with Crippen molar-refractivity contribution in [3.63, 3.8) is 0 Å². The molecule has 1 saturated carbocycles. The molecule has 0 heterocycles. The normalized spacial score (nSPS) is 36.5. The first kappa shape index (κ1) is 16.2. The Morgan fingerprint density at radius 2 is 1.63 bits per heavy atom. The van der Waals surface area contributed by atoms with Crippen molar-refractivity contribution in [3.05, 3.63) is 0 Å². The lowest BCUT2D eigenvalue weighted by atomic mass is 10.0. The third kappa shape index (κ3) is 4.61. The van der Waals surface area contributed by atoms with E-state index < -0.39 is 42.2 Å². The third-order valence-corrected chi connectivity index (χ3v) is 2.98. The van der Waals surface area contributed by atoms with Gasteiger partial charge in [-0.15, -0.1) is 0 Å². The average molecular weight is 277 g/mol. The molecule has 7 nitrogen and oxygen atoms in total. The summed E-state index contributed by atoms with van der Waals surface area (Å²) in [7, 11) is 0. The van der Waals surface area contributed by atoms with Crippen LogP contribution in [0.25, 0.3) is 0 Å². The number of rotatable bonds is 1. The van der Waals surface area contributed by atoms with Crippen molar-refractivity contribution >= 4 is 6.09 Å². The molecule has 1 fully saturated rings. The van der Waals surface area contributed by atoms with Gasteiger partial charge in [-0.2, -0.15) is 0 Å². The van der Waals surface area contributed by atoms with Crippen LogP contribution in [0.4, 0.5) is 4.79 Å². The van der Waals surface area contributed by atoms with Crippen LogP contribution in [0.15, 0.2) is 0 Å². The van der Waals surface area contributed by atoms with Crippen molar-refractivity contribution in [1.82, 2.24) is 5.32 Å². The van der Waals surface area contributed by atoms with Gasteiger partial charge in [0.05, 0.1) is 12.1 Å². The summed E-state index contributed by atoms with van der Waals surface area (Å²) in [5.74, 6) is 0. The first-order chi connectivity index (χ1) is 8.61. The molecule has 0 spiro atoms. The van der Waals surface area contributed by atoms with Crippen LogP contribution in [0, 0.1) is 0 Å². The number of aliphatic hydroxyl groups excluding tert-OH is 4. The molecule has 1 aliphatic rings. The van der Waals surface area contributed by atoms with E-state index in [1.54, 1.807) is 20.8 Å². The fraction of sp³-hybridized carbons (Fsp3) is 0.917. The molecule has 112 valence electrons. The van der Waals surface area contributed by atoms with Crippen LogP contribution in [-0.2, 0) is 4.74 Å². The van der Waals surface area contributed by atoms with Gasteiger partial charge < -0.3 is 30.5 Å². The van der Waals surface area contributed by atoms with Crippen LogP contribution in [0.3, 0.4) is 0 Å². The smallest absolute Gasteiger partial charge is 0.407 e. The van der Waals surface area contributed by atoms with Gasteiger partial charge in [0.1, 0.15) is 23.9 Å². The molecule has 7 heteroatoms. The summed E-state index contributed by atoms with van der Waals surface area (Å²) in [6, 6.07) is -0.781. The summed E-state index contributed by atoms with van der Waals surface area (Å²) in [4.78, 5) is 11.6. The highest BCUT2D eigenvalue weighted by atomic mass is 16.6. The zero-order valence-electron chi connectivity index (χ0n) is 11.4. The maximum Gasteiger partial charge on any atom is 0.407 e. The first-order valence-electron chi connectivity index (χ1n) is 6.33. The summed E-state index contributed by atoms with van der Waals surface area (Å²) in [6.07, 6.45) is -5.76. The number of amides is 1. The van der Waals surface area contributed by atoms with E-state index in [1.165, 1.54) is 0 Å². The molecule has 0 aromatic heterocycles. The van der Waals surface area contributed by atoms with Crippen LogP contribution in [0.2, 0.25) is 0 Å². The second-order valence-corrected chi connectivity index (χ2v) is 5.87. The van der Waals surface area contributed by atoms with Crippen molar-refractivity contribution in [3.8, 4) is 0 Å². The number of carbonyl (C=O) groups excluding carboxylic acids is 1. The molecule has 19 heavy (non-hydrogen) atoms. The Balaban J connectivity index is 2.65. The minimum absolute atomic E-state index is 0.162. The summed E-state index contributed by atoms with van der Waals surface area (Å²) in [6.45, 7) is 5.12. The molecule has 0 unspecified atom stereocenters. The SMILES string of the molecule is CC(C)(C)OC(=O)N[C@@H]1CC[C@H](O)[C@@H](O)[C@@H](O)[C@@H]1O. The standard InChI is InChI=1S/C12H23NO6/c1-12(2,3)19-11(18)13-6-4-5-7(14)9(16)10(17)8(6)15/h6-10,14-17H,4-5H2,1-3H3,(H,13,18)/t6-,7+,8-,9-,10+/m1/s1. The Bertz CT molecular complexity index is 316. The van der Waals surface area contributed by atoms with Gasteiger partial charge in [0.15, 0.2) is 0 Å². The predicted octanol–water partition coefficient (Wildman–Crippen LogP) is -0.883. The van der Waals surface area contributed by atoms with Gasteiger partial charge in [-0.25, -0.2) is 4.79 Å². The highest BCUT2D eigenvalue weighted by molar-refractivity contribution is 5.68. The number of aliphatic hydroxyl groups is 4. The molecular weight excluding hydrogens is 254 g/mol. The fourth-order valence-electron chi connectivity index (χ4n) is 1.98. The molecule has 1 aliphatic carbocycles. The van der Waals surface area contributed by atoms with E-state index >= 15 is 0 Å². The van der Waals surface area contributed by atoms with Crippen molar-refractivity contribution in [2.45, 2.75) is 69.7 Å².